The van der Waals surface area contributed by atoms with Crippen molar-refractivity contribution in [2.75, 3.05) is 37.6 Å². The predicted octanol–water partition coefficient (Wildman–Crippen LogP) is 2.06. The Labute approximate surface area is 130 Å². The van der Waals surface area contributed by atoms with Crippen LogP contribution < -0.4 is 10.2 Å². The van der Waals surface area contributed by atoms with E-state index in [4.69, 9.17) is 4.74 Å². The Kier molecular flexibility index (Phi) is 3.88. The van der Waals surface area contributed by atoms with Gasteiger partial charge in [-0.2, -0.15) is 11.8 Å². The van der Waals surface area contributed by atoms with Crippen molar-refractivity contribution in [2.45, 2.75) is 18.0 Å². The Balaban J connectivity index is 1.81. The Morgan fingerprint density at radius 1 is 1.38 bits per heavy atom. The van der Waals surface area contributed by atoms with Crippen LogP contribution in [0.25, 0.3) is 0 Å². The lowest BCUT2D eigenvalue weighted by Gasteiger charge is -2.26. The fourth-order valence-electron chi connectivity index (χ4n) is 3.40. The zero-order valence-electron chi connectivity index (χ0n) is 12.8. The molecule has 3 rings (SSSR count). The Morgan fingerprint density at radius 3 is 2.71 bits per heavy atom. The SMILES string of the molecule is COC(=O)C12CSCC1CC(c1ccc(N(C)C)cc1)N2. The van der Waals surface area contributed by atoms with Crippen LogP contribution in [0.2, 0.25) is 0 Å². The highest BCUT2D eigenvalue weighted by Gasteiger charge is 2.56. The summed E-state index contributed by atoms with van der Waals surface area (Å²) in [6.07, 6.45) is 1.00. The lowest BCUT2D eigenvalue weighted by molar-refractivity contribution is -0.148. The van der Waals surface area contributed by atoms with Gasteiger partial charge in [-0.1, -0.05) is 12.1 Å². The van der Waals surface area contributed by atoms with Gasteiger partial charge in [0.05, 0.1) is 7.11 Å². The molecule has 0 bridgehead atoms. The number of nitrogens with one attached hydrogen (secondary N) is 1. The molecule has 2 saturated heterocycles. The van der Waals surface area contributed by atoms with Gasteiger partial charge in [0.15, 0.2) is 0 Å². The summed E-state index contributed by atoms with van der Waals surface area (Å²) in [4.78, 5) is 14.3. The number of hydrogen-bond acceptors (Lipinski definition) is 5. The molecule has 0 spiro atoms. The lowest BCUT2D eigenvalue weighted by Crippen LogP contribution is -2.53. The van der Waals surface area contributed by atoms with Gasteiger partial charge in [0, 0.05) is 31.6 Å². The van der Waals surface area contributed by atoms with Crippen molar-refractivity contribution in [3.63, 3.8) is 0 Å². The van der Waals surface area contributed by atoms with Crippen LogP contribution >= 0.6 is 11.8 Å². The molecule has 1 aromatic rings. The molecule has 2 aliphatic heterocycles. The first-order valence-corrected chi connectivity index (χ1v) is 8.43. The first-order chi connectivity index (χ1) is 10.1. The zero-order valence-corrected chi connectivity index (χ0v) is 13.6. The van der Waals surface area contributed by atoms with E-state index in [9.17, 15) is 4.79 Å². The van der Waals surface area contributed by atoms with Crippen LogP contribution in [0.4, 0.5) is 5.69 Å². The summed E-state index contributed by atoms with van der Waals surface area (Å²) in [5, 5.41) is 3.57. The second kappa shape index (κ2) is 5.54. The van der Waals surface area contributed by atoms with Crippen molar-refractivity contribution in [2.24, 2.45) is 5.92 Å². The van der Waals surface area contributed by atoms with E-state index in [1.54, 1.807) is 0 Å². The van der Waals surface area contributed by atoms with Crippen LogP contribution in [0.1, 0.15) is 18.0 Å². The van der Waals surface area contributed by atoms with E-state index in [-0.39, 0.29) is 12.0 Å². The highest BCUT2D eigenvalue weighted by molar-refractivity contribution is 7.99. The number of thioether (sulfide) groups is 1. The molecule has 3 atom stereocenters. The van der Waals surface area contributed by atoms with E-state index in [1.165, 1.54) is 18.4 Å². The molecule has 2 fully saturated rings. The minimum atomic E-state index is -0.482. The van der Waals surface area contributed by atoms with Crippen molar-refractivity contribution in [3.05, 3.63) is 29.8 Å². The van der Waals surface area contributed by atoms with Gasteiger partial charge in [-0.05, 0) is 35.8 Å². The fourth-order valence-corrected chi connectivity index (χ4v) is 4.98. The van der Waals surface area contributed by atoms with Gasteiger partial charge >= 0.3 is 5.97 Å². The number of methoxy groups -OCH3 is 1. The second-order valence-corrected chi connectivity index (χ2v) is 7.12. The van der Waals surface area contributed by atoms with Crippen LogP contribution in [0.15, 0.2) is 24.3 Å². The molecule has 2 aliphatic rings. The minimum absolute atomic E-state index is 0.107. The molecule has 21 heavy (non-hydrogen) atoms. The molecule has 0 aliphatic carbocycles. The van der Waals surface area contributed by atoms with Crippen molar-refractivity contribution in [1.29, 1.82) is 0 Å². The van der Waals surface area contributed by atoms with Crippen LogP contribution in [0.3, 0.4) is 0 Å². The van der Waals surface area contributed by atoms with Crippen LogP contribution in [-0.4, -0.2) is 44.2 Å². The molecular formula is C16H22N2O2S. The Bertz CT molecular complexity index is 532. The maximum atomic E-state index is 12.2. The number of anilines is 1. The number of benzene rings is 1. The van der Waals surface area contributed by atoms with E-state index in [2.05, 4.69) is 34.5 Å². The molecule has 0 aromatic heterocycles. The number of ether oxygens (including phenoxy) is 1. The summed E-state index contributed by atoms with van der Waals surface area (Å²) in [5.41, 5.74) is 1.96. The normalized spacial score (nSPS) is 31.0. The first kappa shape index (κ1) is 14.7. The molecular weight excluding hydrogens is 284 g/mol. The highest BCUT2D eigenvalue weighted by Crippen LogP contribution is 2.46. The molecule has 3 unspecified atom stereocenters. The van der Waals surface area contributed by atoms with Crippen LogP contribution in [-0.2, 0) is 9.53 Å². The number of rotatable bonds is 3. The first-order valence-electron chi connectivity index (χ1n) is 7.28. The average Bonchev–Trinajstić information content (AvgIpc) is 3.04. The van der Waals surface area contributed by atoms with Gasteiger partial charge in [-0.25, -0.2) is 0 Å². The quantitative estimate of drug-likeness (QED) is 0.866. The standard InChI is InChI=1S/C16H22N2O2S/c1-18(2)13-6-4-11(5-7-13)14-8-12-9-21-10-16(12,17-14)15(19)20-3/h4-7,12,14,17H,8-10H2,1-3H3. The monoisotopic (exact) mass is 306 g/mol. The molecule has 1 N–H and O–H groups in total. The van der Waals surface area contributed by atoms with Gasteiger partial charge in [-0.15, -0.1) is 0 Å². The second-order valence-electron chi connectivity index (χ2n) is 6.09. The average molecular weight is 306 g/mol. The summed E-state index contributed by atoms with van der Waals surface area (Å²) in [5.74, 6) is 2.11. The maximum Gasteiger partial charge on any atom is 0.327 e. The topological polar surface area (TPSA) is 41.6 Å². The number of fused-ring (bicyclic) bond motifs is 1. The number of carbonyl (C=O) groups excluding carboxylic acids is 1. The minimum Gasteiger partial charge on any atom is -0.468 e. The molecule has 5 heteroatoms. The zero-order chi connectivity index (χ0) is 15.0. The Hall–Kier alpha value is -1.20. The van der Waals surface area contributed by atoms with E-state index in [0.29, 0.717) is 5.92 Å². The third-order valence-electron chi connectivity index (χ3n) is 4.66. The molecule has 0 amide bonds. The summed E-state index contributed by atoms with van der Waals surface area (Å²) in [6, 6.07) is 8.82. The molecule has 0 radical (unpaired) electrons. The van der Waals surface area contributed by atoms with Crippen molar-refractivity contribution in [3.8, 4) is 0 Å². The van der Waals surface area contributed by atoms with Crippen LogP contribution in [0, 0.1) is 5.92 Å². The molecule has 114 valence electrons. The fraction of sp³-hybridized carbons (Fsp3) is 0.562. The summed E-state index contributed by atoms with van der Waals surface area (Å²) in [7, 11) is 5.56. The third kappa shape index (κ3) is 2.42. The van der Waals surface area contributed by atoms with E-state index < -0.39 is 5.54 Å². The summed E-state index contributed by atoms with van der Waals surface area (Å²) in [6.45, 7) is 0. The number of esters is 1. The number of hydrogen-bond donors (Lipinski definition) is 1. The van der Waals surface area contributed by atoms with E-state index in [1.807, 2.05) is 25.9 Å². The predicted molar refractivity (Wildman–Crippen MR) is 86.8 cm³/mol. The van der Waals surface area contributed by atoms with Crippen molar-refractivity contribution < 1.29 is 9.53 Å². The van der Waals surface area contributed by atoms with Gasteiger partial charge in [0.25, 0.3) is 0 Å². The van der Waals surface area contributed by atoms with E-state index in [0.717, 1.165) is 17.9 Å². The van der Waals surface area contributed by atoms with Gasteiger partial charge in [0.1, 0.15) is 5.54 Å². The molecule has 0 saturated carbocycles. The van der Waals surface area contributed by atoms with Gasteiger partial charge < -0.3 is 9.64 Å². The maximum absolute atomic E-state index is 12.2. The molecule has 1 aromatic carbocycles. The van der Waals surface area contributed by atoms with Gasteiger partial charge in [-0.3, -0.25) is 10.1 Å². The number of carbonyl (C=O) groups is 1. The summed E-state index contributed by atoms with van der Waals surface area (Å²) >= 11 is 1.84. The Morgan fingerprint density at radius 2 is 2.10 bits per heavy atom. The van der Waals surface area contributed by atoms with Crippen LogP contribution in [0.5, 0.6) is 0 Å². The smallest absolute Gasteiger partial charge is 0.327 e. The lowest BCUT2D eigenvalue weighted by atomic mass is 9.88. The number of nitrogens with zero attached hydrogens (tertiary/aromatic N) is 1. The van der Waals surface area contributed by atoms with E-state index >= 15 is 0 Å². The van der Waals surface area contributed by atoms with Crippen molar-refractivity contribution >= 4 is 23.4 Å². The third-order valence-corrected chi connectivity index (χ3v) is 5.96. The summed E-state index contributed by atoms with van der Waals surface area (Å²) < 4.78 is 5.05. The van der Waals surface area contributed by atoms with Crippen molar-refractivity contribution in [1.82, 2.24) is 5.32 Å². The largest absolute Gasteiger partial charge is 0.468 e. The molecule has 4 nitrogen and oxygen atoms in total. The highest BCUT2D eigenvalue weighted by atomic mass is 32.2. The molecule has 2 heterocycles. The van der Waals surface area contributed by atoms with Gasteiger partial charge in [0.2, 0.25) is 0 Å².